The van der Waals surface area contributed by atoms with Crippen molar-refractivity contribution in [2.75, 3.05) is 20.6 Å². The molecule has 0 saturated carbocycles. The molecule has 0 aromatic rings. The lowest BCUT2D eigenvalue weighted by molar-refractivity contribution is -0.0980. The largest absolute Gasteiger partial charge is 0.341 e. The minimum absolute atomic E-state index is 0.110. The van der Waals surface area contributed by atoms with Crippen molar-refractivity contribution in [3.8, 4) is 0 Å². The number of carbonyl (C=O) groups excluding carboxylic acids is 2. The van der Waals surface area contributed by atoms with E-state index in [1.165, 1.54) is 24.8 Å². The predicted molar refractivity (Wildman–Crippen MR) is 139 cm³/mol. The molecule has 0 aliphatic carbocycles. The lowest BCUT2D eigenvalue weighted by atomic mass is 10.1. The Balaban J connectivity index is -0.000000188. The van der Waals surface area contributed by atoms with E-state index in [2.05, 4.69) is 82.1 Å². The second kappa shape index (κ2) is 26.4. The second-order valence-electron chi connectivity index (χ2n) is 7.41. The number of rotatable bonds is 6. The van der Waals surface area contributed by atoms with Gasteiger partial charge in [0.25, 0.3) is 0 Å². The van der Waals surface area contributed by atoms with E-state index in [4.69, 9.17) is 4.79 Å². The molecule has 1 aliphatic heterocycles. The number of urea groups is 1. The van der Waals surface area contributed by atoms with Crippen molar-refractivity contribution in [1.29, 1.82) is 0 Å². The minimum atomic E-state index is -0.110. The highest BCUT2D eigenvalue weighted by atomic mass is 16.2. The van der Waals surface area contributed by atoms with Gasteiger partial charge in [-0.15, -0.1) is 0 Å². The van der Waals surface area contributed by atoms with E-state index >= 15 is 0 Å². The van der Waals surface area contributed by atoms with Crippen LogP contribution in [0.15, 0.2) is 24.3 Å². The molecule has 31 heavy (non-hydrogen) atoms. The van der Waals surface area contributed by atoms with Gasteiger partial charge in [-0.25, -0.2) is 4.79 Å². The van der Waals surface area contributed by atoms with Crippen LogP contribution in [-0.4, -0.2) is 56.6 Å². The number of nitrogens with zero attached hydrogens (tertiary/aromatic N) is 1. The molecule has 0 aromatic heterocycles. The van der Waals surface area contributed by atoms with Gasteiger partial charge in [-0.05, 0) is 58.7 Å². The van der Waals surface area contributed by atoms with Gasteiger partial charge in [0.05, 0.1) is 6.17 Å². The number of nitrogens with one attached hydrogen (secondary N) is 3. The summed E-state index contributed by atoms with van der Waals surface area (Å²) in [5.74, 6) is 0.484. The van der Waals surface area contributed by atoms with Crippen molar-refractivity contribution in [1.82, 2.24) is 20.9 Å². The number of allylic oxidation sites excluding steroid dienone is 1. The maximum Gasteiger partial charge on any atom is 0.314 e. The van der Waals surface area contributed by atoms with E-state index in [9.17, 15) is 4.79 Å². The van der Waals surface area contributed by atoms with Crippen LogP contribution in [0.25, 0.3) is 0 Å². The molecule has 3 N–H and O–H groups in total. The van der Waals surface area contributed by atoms with Crippen LogP contribution in [0.1, 0.15) is 81.6 Å². The van der Waals surface area contributed by atoms with E-state index in [1.54, 1.807) is 7.05 Å². The molecule has 2 amide bonds. The molecule has 3 atom stereocenters. The van der Waals surface area contributed by atoms with Crippen LogP contribution in [0.4, 0.5) is 4.79 Å². The average molecular weight is 443 g/mol. The fraction of sp³-hybridized carbons (Fsp3) is 0.760. The Labute approximate surface area is 194 Å². The fourth-order valence-corrected chi connectivity index (χ4v) is 2.49. The molecule has 6 nitrogen and oxygen atoms in total. The first-order chi connectivity index (χ1) is 14.7. The standard InChI is InChI=1S/C12H22N2.C7H16N2O.C3H8.C2H6.CH2O/c1-5-11(6-2)10(3)14(4)12-8-7-9-13-12;1-5(2)6(3)9-7(10)8-4;1-3-2;2*1-2/h5-6,10,12-13H,1,7-9H2,2-4H3;5-6H,1-4H3,(H2,8,9,10);3H2,1-2H3;1-2H3;1H2/b11-6+;;;;. The van der Waals surface area contributed by atoms with Gasteiger partial charge in [-0.2, -0.15) is 0 Å². The average Bonchev–Trinajstić information content (AvgIpc) is 3.32. The first-order valence-electron chi connectivity index (χ1n) is 11.7. The summed E-state index contributed by atoms with van der Waals surface area (Å²) < 4.78 is 0. The van der Waals surface area contributed by atoms with Crippen molar-refractivity contribution in [3.05, 3.63) is 24.3 Å². The zero-order valence-corrected chi connectivity index (χ0v) is 22.5. The molecule has 1 aliphatic rings. The molecule has 1 heterocycles. The third-order valence-electron chi connectivity index (χ3n) is 4.77. The van der Waals surface area contributed by atoms with Crippen molar-refractivity contribution in [2.45, 2.75) is 99.8 Å². The van der Waals surface area contributed by atoms with Crippen LogP contribution in [-0.2, 0) is 4.79 Å². The normalized spacial score (nSPS) is 16.5. The Morgan fingerprint density at radius 1 is 1.19 bits per heavy atom. The summed E-state index contributed by atoms with van der Waals surface area (Å²) in [6.07, 6.45) is 8.44. The molecule has 1 saturated heterocycles. The highest BCUT2D eigenvalue weighted by molar-refractivity contribution is 5.73. The Morgan fingerprint density at radius 2 is 1.68 bits per heavy atom. The van der Waals surface area contributed by atoms with Crippen LogP contribution < -0.4 is 16.0 Å². The topological polar surface area (TPSA) is 73.5 Å². The van der Waals surface area contributed by atoms with Gasteiger partial charge in [-0.3, -0.25) is 4.90 Å². The number of hydrogen-bond donors (Lipinski definition) is 3. The maximum absolute atomic E-state index is 10.7. The SMILES string of the molecule is C=C/C(=C\C)C(C)N(C)C1CCCN1.C=O.CC.CCC.CNC(=O)NC(C)C(C)C. The first-order valence-corrected chi connectivity index (χ1v) is 11.7. The molecule has 0 spiro atoms. The fourth-order valence-electron chi connectivity index (χ4n) is 2.49. The summed E-state index contributed by atoms with van der Waals surface area (Å²) in [6, 6.07) is 0.578. The van der Waals surface area contributed by atoms with Crippen LogP contribution in [0.2, 0.25) is 0 Å². The molecule has 6 heteroatoms. The Hall–Kier alpha value is -1.66. The Bertz CT molecular complexity index is 433. The smallest absolute Gasteiger partial charge is 0.314 e. The van der Waals surface area contributed by atoms with Crippen LogP contribution in [0.3, 0.4) is 0 Å². The molecule has 3 unspecified atom stereocenters. The molecular weight excluding hydrogens is 388 g/mol. The summed E-state index contributed by atoms with van der Waals surface area (Å²) >= 11 is 0. The van der Waals surface area contributed by atoms with E-state index in [0.29, 0.717) is 18.1 Å². The first kappa shape index (κ1) is 36.7. The zero-order chi connectivity index (χ0) is 25.4. The van der Waals surface area contributed by atoms with Crippen molar-refractivity contribution in [3.63, 3.8) is 0 Å². The Morgan fingerprint density at radius 3 is 1.97 bits per heavy atom. The van der Waals surface area contributed by atoms with Crippen molar-refractivity contribution in [2.24, 2.45) is 5.92 Å². The summed E-state index contributed by atoms with van der Waals surface area (Å²) in [5.41, 5.74) is 1.31. The van der Waals surface area contributed by atoms with Gasteiger partial charge in [0.2, 0.25) is 0 Å². The van der Waals surface area contributed by atoms with Gasteiger partial charge >= 0.3 is 6.03 Å². The van der Waals surface area contributed by atoms with E-state index in [0.717, 1.165) is 6.54 Å². The lowest BCUT2D eigenvalue weighted by Gasteiger charge is -2.31. The molecule has 1 rings (SSSR count). The molecule has 1 fully saturated rings. The number of likely N-dealkylation sites (N-methyl/N-ethyl adjacent to an activating group) is 1. The van der Waals surface area contributed by atoms with Crippen molar-refractivity contribution >= 4 is 12.8 Å². The van der Waals surface area contributed by atoms with Crippen LogP contribution in [0.5, 0.6) is 0 Å². The predicted octanol–water partition coefficient (Wildman–Crippen LogP) is 5.37. The van der Waals surface area contributed by atoms with E-state index < -0.39 is 0 Å². The summed E-state index contributed by atoms with van der Waals surface area (Å²) in [4.78, 5) is 21.1. The van der Waals surface area contributed by atoms with E-state index in [1.807, 2.05) is 33.6 Å². The third kappa shape index (κ3) is 20.0. The van der Waals surface area contributed by atoms with Crippen LogP contribution in [0, 0.1) is 5.92 Å². The zero-order valence-electron chi connectivity index (χ0n) is 22.5. The number of hydrogen-bond acceptors (Lipinski definition) is 4. The van der Waals surface area contributed by atoms with E-state index in [-0.39, 0.29) is 12.1 Å². The summed E-state index contributed by atoms with van der Waals surface area (Å²) in [7, 11) is 3.79. The van der Waals surface area contributed by atoms with Gasteiger partial charge < -0.3 is 20.7 Å². The van der Waals surface area contributed by atoms with Crippen LogP contribution >= 0.6 is 0 Å². The van der Waals surface area contributed by atoms with Gasteiger partial charge in [0.1, 0.15) is 6.79 Å². The summed E-state index contributed by atoms with van der Waals surface area (Å²) in [5, 5.41) is 8.78. The monoisotopic (exact) mass is 442 g/mol. The Kier molecular flexibility index (Phi) is 31.2. The molecule has 186 valence electrons. The number of carbonyl (C=O) groups is 2. The highest BCUT2D eigenvalue weighted by Gasteiger charge is 2.23. The highest BCUT2D eigenvalue weighted by Crippen LogP contribution is 2.16. The van der Waals surface area contributed by atoms with Gasteiger partial charge in [0, 0.05) is 19.1 Å². The molecule has 0 aromatic carbocycles. The molecule has 0 radical (unpaired) electrons. The molecule has 0 bridgehead atoms. The van der Waals surface area contributed by atoms with Crippen molar-refractivity contribution < 1.29 is 9.59 Å². The maximum atomic E-state index is 10.7. The van der Waals surface area contributed by atoms with Gasteiger partial charge in [0.15, 0.2) is 0 Å². The van der Waals surface area contributed by atoms with Gasteiger partial charge in [-0.1, -0.05) is 66.7 Å². The second-order valence-corrected chi connectivity index (χ2v) is 7.41. The molecular formula is C25H54N4O2. The quantitative estimate of drug-likeness (QED) is 0.484. The minimum Gasteiger partial charge on any atom is -0.341 e. The lowest BCUT2D eigenvalue weighted by Crippen LogP contribution is -2.44. The third-order valence-corrected chi connectivity index (χ3v) is 4.77. The summed E-state index contributed by atoms with van der Waals surface area (Å²) in [6.45, 7) is 25.7. The number of amides is 2.